The van der Waals surface area contributed by atoms with Gasteiger partial charge in [-0.1, -0.05) is 0 Å². The van der Waals surface area contributed by atoms with Crippen LogP contribution in [0.25, 0.3) is 0 Å². The topological polar surface area (TPSA) is 101 Å². The summed E-state index contributed by atoms with van der Waals surface area (Å²) in [5, 5.41) is 13.0. The van der Waals surface area contributed by atoms with Crippen molar-refractivity contribution < 1.29 is 22.7 Å². The van der Waals surface area contributed by atoms with E-state index in [2.05, 4.69) is 0 Å². The molecule has 0 aromatic heterocycles. The summed E-state index contributed by atoms with van der Waals surface area (Å²) in [6, 6.07) is 3.80. The summed E-state index contributed by atoms with van der Waals surface area (Å²) in [7, 11) is -3.79. The molecule has 104 valence electrons. The van der Waals surface area contributed by atoms with Crippen molar-refractivity contribution in [1.82, 2.24) is 0 Å². The number of primary sulfonamides is 1. The third kappa shape index (κ3) is 2.75. The Morgan fingerprint density at radius 1 is 1.47 bits per heavy atom. The molecule has 0 spiro atoms. The minimum absolute atomic E-state index is 0.0457. The van der Waals surface area contributed by atoms with Crippen LogP contribution in [0.15, 0.2) is 18.2 Å². The maximum atomic E-state index is 13.2. The molecule has 1 amide bonds. The van der Waals surface area contributed by atoms with E-state index in [4.69, 9.17) is 10.2 Å². The van der Waals surface area contributed by atoms with Crippen LogP contribution in [0.2, 0.25) is 0 Å². The van der Waals surface area contributed by atoms with Gasteiger partial charge in [0.2, 0.25) is 15.9 Å². The van der Waals surface area contributed by atoms with Gasteiger partial charge in [-0.3, -0.25) is 4.79 Å². The first-order valence-electron chi connectivity index (χ1n) is 5.54. The maximum Gasteiger partial charge on any atom is 0.228 e. The van der Waals surface area contributed by atoms with E-state index >= 15 is 0 Å². The Morgan fingerprint density at radius 3 is 2.68 bits per heavy atom. The molecule has 2 rings (SSSR count). The molecular weight excluding hydrogens is 275 g/mol. The zero-order chi connectivity index (χ0) is 14.2. The van der Waals surface area contributed by atoms with Crippen LogP contribution in [0.1, 0.15) is 12.0 Å². The molecule has 0 bridgehead atoms. The highest BCUT2D eigenvalue weighted by molar-refractivity contribution is 7.89. The van der Waals surface area contributed by atoms with E-state index in [0.29, 0.717) is 5.69 Å². The fourth-order valence-corrected chi connectivity index (χ4v) is 2.73. The van der Waals surface area contributed by atoms with Gasteiger partial charge >= 0.3 is 0 Å². The Bertz CT molecular complexity index is 617. The van der Waals surface area contributed by atoms with E-state index in [0.717, 1.165) is 6.07 Å². The van der Waals surface area contributed by atoms with E-state index in [-0.39, 0.29) is 18.5 Å². The minimum atomic E-state index is -3.79. The molecule has 0 radical (unpaired) electrons. The molecule has 1 aromatic carbocycles. The fourth-order valence-electron chi connectivity index (χ4n) is 1.99. The molecule has 8 heteroatoms. The van der Waals surface area contributed by atoms with Gasteiger partial charge in [0.15, 0.2) is 0 Å². The first kappa shape index (κ1) is 13.9. The van der Waals surface area contributed by atoms with Crippen LogP contribution in [0.3, 0.4) is 0 Å². The van der Waals surface area contributed by atoms with Gasteiger partial charge in [0.25, 0.3) is 0 Å². The van der Waals surface area contributed by atoms with Crippen LogP contribution in [-0.4, -0.2) is 31.2 Å². The molecule has 1 fully saturated rings. The predicted molar refractivity (Wildman–Crippen MR) is 66.2 cm³/mol. The highest BCUT2D eigenvalue weighted by Crippen LogP contribution is 2.26. The van der Waals surface area contributed by atoms with E-state index in [1.54, 1.807) is 0 Å². The van der Waals surface area contributed by atoms with Crippen molar-refractivity contribution in [1.29, 1.82) is 0 Å². The van der Waals surface area contributed by atoms with Crippen molar-refractivity contribution in [3.8, 4) is 0 Å². The summed E-state index contributed by atoms with van der Waals surface area (Å²) in [5.74, 6) is -0.976. The fraction of sp³-hybridized carbons (Fsp3) is 0.364. The van der Waals surface area contributed by atoms with Crippen LogP contribution < -0.4 is 10.0 Å². The molecule has 0 saturated carbocycles. The second-order valence-electron chi connectivity index (χ2n) is 4.35. The monoisotopic (exact) mass is 288 g/mol. The number of hydrogen-bond acceptors (Lipinski definition) is 4. The normalized spacial score (nSPS) is 20.1. The molecular formula is C11H13FN2O4S. The van der Waals surface area contributed by atoms with E-state index in [1.807, 2.05) is 0 Å². The molecule has 3 N–H and O–H groups in total. The number of rotatable bonds is 3. The lowest BCUT2D eigenvalue weighted by Crippen LogP contribution is -2.32. The molecule has 1 atom stereocenters. The number of halogens is 1. The number of benzene rings is 1. The Hall–Kier alpha value is -1.51. The molecule has 1 saturated heterocycles. The third-order valence-electron chi connectivity index (χ3n) is 3.07. The number of hydrogen-bond donors (Lipinski definition) is 2. The number of anilines is 1. The Labute approximate surface area is 109 Å². The summed E-state index contributed by atoms with van der Waals surface area (Å²) in [4.78, 5) is 13.0. The van der Waals surface area contributed by atoms with Crippen molar-refractivity contribution in [2.24, 2.45) is 5.14 Å². The predicted octanol–water partition coefficient (Wildman–Crippen LogP) is -0.288. The van der Waals surface area contributed by atoms with Crippen molar-refractivity contribution >= 4 is 21.6 Å². The quantitative estimate of drug-likeness (QED) is 0.798. The average molecular weight is 288 g/mol. The smallest absolute Gasteiger partial charge is 0.228 e. The van der Waals surface area contributed by atoms with Gasteiger partial charge in [-0.2, -0.15) is 0 Å². The van der Waals surface area contributed by atoms with E-state index in [9.17, 15) is 17.6 Å². The van der Waals surface area contributed by atoms with Gasteiger partial charge < -0.3 is 10.0 Å². The van der Waals surface area contributed by atoms with Crippen LogP contribution in [0.5, 0.6) is 0 Å². The molecule has 1 unspecified atom stereocenters. The van der Waals surface area contributed by atoms with Crippen molar-refractivity contribution in [2.75, 3.05) is 11.4 Å². The zero-order valence-electron chi connectivity index (χ0n) is 9.91. The van der Waals surface area contributed by atoms with E-state index in [1.165, 1.54) is 17.0 Å². The Balaban J connectivity index is 2.31. The van der Waals surface area contributed by atoms with Crippen molar-refractivity contribution in [3.63, 3.8) is 0 Å². The van der Waals surface area contributed by atoms with Gasteiger partial charge in [-0.25, -0.2) is 17.9 Å². The number of sulfonamides is 1. The average Bonchev–Trinajstić information content (AvgIpc) is 2.72. The minimum Gasteiger partial charge on any atom is -0.392 e. The summed E-state index contributed by atoms with van der Waals surface area (Å²) in [6.07, 6.45) is -0.190. The molecule has 1 aliphatic heterocycles. The van der Waals surface area contributed by atoms with Gasteiger partial charge in [0, 0.05) is 24.2 Å². The highest BCUT2D eigenvalue weighted by Gasteiger charge is 2.37. The van der Waals surface area contributed by atoms with Gasteiger partial charge in [-0.15, -0.1) is 0 Å². The van der Waals surface area contributed by atoms with Gasteiger partial charge in [0.1, 0.15) is 11.1 Å². The lowest BCUT2D eigenvalue weighted by atomic mass is 10.2. The van der Waals surface area contributed by atoms with Crippen LogP contribution >= 0.6 is 0 Å². The number of carbonyl (C=O) groups excluding carboxylic acids is 1. The first-order valence-corrected chi connectivity index (χ1v) is 7.15. The molecule has 6 nitrogen and oxygen atoms in total. The maximum absolute atomic E-state index is 13.2. The molecule has 1 aliphatic rings. The van der Waals surface area contributed by atoms with Crippen LogP contribution in [-0.2, 0) is 21.4 Å². The SMILES string of the molecule is NS(=O)(=O)C1CC(=O)N(c2ccc(F)c(CO)c2)C1. The number of carbonyl (C=O) groups is 1. The summed E-state index contributed by atoms with van der Waals surface area (Å²) in [6.45, 7) is -0.561. The third-order valence-corrected chi connectivity index (χ3v) is 4.31. The summed E-state index contributed by atoms with van der Waals surface area (Å²) >= 11 is 0. The zero-order valence-corrected chi connectivity index (χ0v) is 10.7. The summed E-state index contributed by atoms with van der Waals surface area (Å²) in [5.41, 5.74) is 0.394. The number of amides is 1. The lowest BCUT2D eigenvalue weighted by Gasteiger charge is -2.17. The van der Waals surface area contributed by atoms with Crippen LogP contribution in [0.4, 0.5) is 10.1 Å². The van der Waals surface area contributed by atoms with Crippen molar-refractivity contribution in [2.45, 2.75) is 18.3 Å². The number of aliphatic hydroxyl groups is 1. The highest BCUT2D eigenvalue weighted by atomic mass is 32.2. The molecule has 19 heavy (non-hydrogen) atoms. The second kappa shape index (κ2) is 4.87. The summed E-state index contributed by atoms with van der Waals surface area (Å²) < 4.78 is 35.7. The standard InChI is InChI=1S/C11H13FN2O4S/c12-10-2-1-8(3-7(10)6-15)14-5-9(4-11(14)16)19(13,17)18/h1-3,9,15H,4-6H2,(H2,13,17,18). The van der Waals surface area contributed by atoms with Crippen LogP contribution in [0, 0.1) is 5.82 Å². The largest absolute Gasteiger partial charge is 0.392 e. The molecule has 1 heterocycles. The Kier molecular flexibility index (Phi) is 3.57. The number of nitrogens with zero attached hydrogens (tertiary/aromatic N) is 1. The Morgan fingerprint density at radius 2 is 2.16 bits per heavy atom. The molecule has 0 aliphatic carbocycles. The number of nitrogens with two attached hydrogens (primary N) is 1. The van der Waals surface area contributed by atoms with Crippen molar-refractivity contribution in [3.05, 3.63) is 29.6 Å². The van der Waals surface area contributed by atoms with E-state index < -0.39 is 33.6 Å². The first-order chi connectivity index (χ1) is 8.82. The van der Waals surface area contributed by atoms with Gasteiger partial charge in [-0.05, 0) is 18.2 Å². The lowest BCUT2D eigenvalue weighted by molar-refractivity contribution is -0.117. The number of aliphatic hydroxyl groups excluding tert-OH is 1. The second-order valence-corrected chi connectivity index (χ2v) is 6.20. The molecule has 1 aromatic rings. The van der Waals surface area contributed by atoms with Gasteiger partial charge in [0.05, 0.1) is 6.61 Å².